The Balaban J connectivity index is 1.51. The normalized spacial score (nSPS) is 20.4. The van der Waals surface area contributed by atoms with E-state index in [9.17, 15) is 4.79 Å². The van der Waals surface area contributed by atoms with Crippen LogP contribution in [0.5, 0.6) is 0 Å². The second-order valence-electron chi connectivity index (χ2n) is 5.79. The third-order valence-corrected chi connectivity index (χ3v) is 4.04. The summed E-state index contributed by atoms with van der Waals surface area (Å²) in [7, 11) is 0. The molecular formula is C14H22N4O. The topological polar surface area (TPSA) is 59.0 Å². The summed E-state index contributed by atoms with van der Waals surface area (Å²) in [5.41, 5.74) is 0. The van der Waals surface area contributed by atoms with Gasteiger partial charge in [0, 0.05) is 19.0 Å². The number of anilines is 1. The Morgan fingerprint density at radius 1 is 1.32 bits per heavy atom. The van der Waals surface area contributed by atoms with Crippen LogP contribution in [0, 0.1) is 11.8 Å². The maximum absolute atomic E-state index is 12.1. The van der Waals surface area contributed by atoms with E-state index in [2.05, 4.69) is 15.7 Å². The van der Waals surface area contributed by atoms with Crippen molar-refractivity contribution in [1.82, 2.24) is 15.1 Å². The summed E-state index contributed by atoms with van der Waals surface area (Å²) in [6.07, 6.45) is 7.20. The van der Waals surface area contributed by atoms with Crippen LogP contribution in [0.3, 0.4) is 0 Å². The Bertz CT molecular complexity index is 432. The molecule has 2 aliphatic rings. The number of rotatable bonds is 5. The molecule has 0 radical (unpaired) electrons. The lowest BCUT2D eigenvalue weighted by Crippen LogP contribution is -2.30. The van der Waals surface area contributed by atoms with E-state index < -0.39 is 0 Å². The number of aromatic nitrogens is 2. The first-order valence-electron chi connectivity index (χ1n) is 7.33. The molecule has 19 heavy (non-hydrogen) atoms. The summed E-state index contributed by atoms with van der Waals surface area (Å²) in [6.45, 7) is 3.02. The fourth-order valence-electron chi connectivity index (χ4n) is 2.67. The SMILES string of the molecule is O=C(CC1CCNCC1)Nc1ccnn1CC1CC1. The molecule has 104 valence electrons. The van der Waals surface area contributed by atoms with E-state index in [4.69, 9.17) is 0 Å². The summed E-state index contributed by atoms with van der Waals surface area (Å²) < 4.78 is 1.93. The van der Waals surface area contributed by atoms with Crippen LogP contribution in [0.25, 0.3) is 0 Å². The quantitative estimate of drug-likeness (QED) is 0.847. The highest BCUT2D eigenvalue weighted by atomic mass is 16.1. The highest BCUT2D eigenvalue weighted by Crippen LogP contribution is 2.31. The van der Waals surface area contributed by atoms with Crippen molar-refractivity contribution in [3.63, 3.8) is 0 Å². The van der Waals surface area contributed by atoms with Gasteiger partial charge in [-0.2, -0.15) is 5.10 Å². The molecule has 1 aromatic heterocycles. The molecule has 1 aromatic rings. The molecule has 2 heterocycles. The van der Waals surface area contributed by atoms with Crippen LogP contribution < -0.4 is 10.6 Å². The van der Waals surface area contributed by atoms with Crippen molar-refractivity contribution in [2.45, 2.75) is 38.6 Å². The third kappa shape index (κ3) is 3.56. The fourth-order valence-corrected chi connectivity index (χ4v) is 2.67. The molecule has 0 unspecified atom stereocenters. The second-order valence-corrected chi connectivity index (χ2v) is 5.79. The van der Waals surface area contributed by atoms with Gasteiger partial charge in [-0.3, -0.25) is 4.79 Å². The standard InChI is InChI=1S/C14H22N4O/c19-14(9-11-3-6-15-7-4-11)17-13-5-8-16-18(13)10-12-1-2-12/h5,8,11-12,15H,1-4,6-7,9-10H2,(H,17,19). The molecule has 3 rings (SSSR count). The van der Waals surface area contributed by atoms with Crippen molar-refractivity contribution >= 4 is 11.7 Å². The van der Waals surface area contributed by atoms with Crippen LogP contribution in [0.15, 0.2) is 12.3 Å². The number of hydrogen-bond acceptors (Lipinski definition) is 3. The van der Waals surface area contributed by atoms with Gasteiger partial charge in [0.05, 0.1) is 6.20 Å². The largest absolute Gasteiger partial charge is 0.317 e. The number of nitrogens with one attached hydrogen (secondary N) is 2. The van der Waals surface area contributed by atoms with Crippen LogP contribution >= 0.6 is 0 Å². The van der Waals surface area contributed by atoms with Gasteiger partial charge in [-0.15, -0.1) is 0 Å². The third-order valence-electron chi connectivity index (χ3n) is 4.04. The van der Waals surface area contributed by atoms with E-state index in [1.807, 2.05) is 10.7 Å². The summed E-state index contributed by atoms with van der Waals surface area (Å²) in [5.74, 6) is 2.27. The monoisotopic (exact) mass is 262 g/mol. The summed E-state index contributed by atoms with van der Waals surface area (Å²) in [4.78, 5) is 12.1. The van der Waals surface area contributed by atoms with Gasteiger partial charge in [0.25, 0.3) is 0 Å². The van der Waals surface area contributed by atoms with Gasteiger partial charge in [-0.05, 0) is 50.6 Å². The second kappa shape index (κ2) is 5.74. The lowest BCUT2D eigenvalue weighted by atomic mass is 9.94. The van der Waals surface area contributed by atoms with Crippen LogP contribution in [0.4, 0.5) is 5.82 Å². The first-order chi connectivity index (χ1) is 9.31. The molecular weight excluding hydrogens is 240 g/mol. The van der Waals surface area contributed by atoms with Gasteiger partial charge in [0.1, 0.15) is 5.82 Å². The van der Waals surface area contributed by atoms with E-state index in [0.29, 0.717) is 12.3 Å². The highest BCUT2D eigenvalue weighted by molar-refractivity contribution is 5.89. The van der Waals surface area contributed by atoms with Gasteiger partial charge in [0.2, 0.25) is 5.91 Å². The summed E-state index contributed by atoms with van der Waals surface area (Å²) in [6, 6.07) is 1.89. The molecule has 0 aromatic carbocycles. The molecule has 5 heteroatoms. The van der Waals surface area contributed by atoms with Gasteiger partial charge < -0.3 is 10.6 Å². The minimum Gasteiger partial charge on any atom is -0.317 e. The number of nitrogens with zero attached hydrogens (tertiary/aromatic N) is 2. The number of piperidine rings is 1. The van der Waals surface area contributed by atoms with Gasteiger partial charge in [-0.25, -0.2) is 4.68 Å². The van der Waals surface area contributed by atoms with Gasteiger partial charge in [0.15, 0.2) is 0 Å². The van der Waals surface area contributed by atoms with E-state index >= 15 is 0 Å². The number of carbonyl (C=O) groups is 1. The predicted octanol–water partition coefficient (Wildman–Crippen LogP) is 1.62. The number of hydrogen-bond donors (Lipinski definition) is 2. The molecule has 1 amide bonds. The average molecular weight is 262 g/mol. The Morgan fingerprint density at radius 3 is 2.84 bits per heavy atom. The van der Waals surface area contributed by atoms with E-state index in [1.165, 1.54) is 12.8 Å². The minimum atomic E-state index is 0.129. The maximum atomic E-state index is 12.1. The first kappa shape index (κ1) is 12.7. The molecule has 0 spiro atoms. The molecule has 5 nitrogen and oxygen atoms in total. The van der Waals surface area contributed by atoms with E-state index in [-0.39, 0.29) is 5.91 Å². The van der Waals surface area contributed by atoms with E-state index in [1.54, 1.807) is 6.20 Å². The lowest BCUT2D eigenvalue weighted by Gasteiger charge is -2.22. The van der Waals surface area contributed by atoms with Crippen molar-refractivity contribution < 1.29 is 4.79 Å². The fraction of sp³-hybridized carbons (Fsp3) is 0.714. The molecule has 1 aliphatic heterocycles. The van der Waals surface area contributed by atoms with E-state index in [0.717, 1.165) is 44.2 Å². The number of carbonyl (C=O) groups excluding carboxylic acids is 1. The Morgan fingerprint density at radius 2 is 2.11 bits per heavy atom. The van der Waals surface area contributed by atoms with Crippen LogP contribution in [0.1, 0.15) is 32.1 Å². The van der Waals surface area contributed by atoms with Crippen LogP contribution in [-0.2, 0) is 11.3 Å². The zero-order valence-electron chi connectivity index (χ0n) is 11.3. The zero-order valence-corrected chi connectivity index (χ0v) is 11.3. The van der Waals surface area contributed by atoms with Crippen molar-refractivity contribution in [1.29, 1.82) is 0 Å². The molecule has 1 saturated carbocycles. The van der Waals surface area contributed by atoms with Crippen molar-refractivity contribution in [2.75, 3.05) is 18.4 Å². The van der Waals surface area contributed by atoms with Crippen molar-refractivity contribution in [2.24, 2.45) is 11.8 Å². The molecule has 0 atom stereocenters. The van der Waals surface area contributed by atoms with Gasteiger partial charge in [-0.1, -0.05) is 0 Å². The smallest absolute Gasteiger partial charge is 0.225 e. The maximum Gasteiger partial charge on any atom is 0.225 e. The molecule has 1 aliphatic carbocycles. The molecule has 0 bridgehead atoms. The minimum absolute atomic E-state index is 0.129. The van der Waals surface area contributed by atoms with Crippen LogP contribution in [-0.4, -0.2) is 28.8 Å². The summed E-state index contributed by atoms with van der Waals surface area (Å²) >= 11 is 0. The van der Waals surface area contributed by atoms with Crippen LogP contribution in [0.2, 0.25) is 0 Å². The average Bonchev–Trinajstić information content (AvgIpc) is 3.12. The number of amides is 1. The molecule has 2 fully saturated rings. The lowest BCUT2D eigenvalue weighted by molar-refractivity contribution is -0.117. The predicted molar refractivity (Wildman–Crippen MR) is 73.8 cm³/mol. The first-order valence-corrected chi connectivity index (χ1v) is 7.33. The van der Waals surface area contributed by atoms with Gasteiger partial charge >= 0.3 is 0 Å². The van der Waals surface area contributed by atoms with Crippen molar-refractivity contribution in [3.05, 3.63) is 12.3 Å². The Labute approximate surface area is 113 Å². The Kier molecular flexibility index (Phi) is 3.82. The molecule has 2 N–H and O–H groups in total. The zero-order chi connectivity index (χ0) is 13.1. The van der Waals surface area contributed by atoms with Crippen molar-refractivity contribution in [3.8, 4) is 0 Å². The Hall–Kier alpha value is -1.36. The molecule has 1 saturated heterocycles. The highest BCUT2D eigenvalue weighted by Gasteiger charge is 2.23. The summed E-state index contributed by atoms with van der Waals surface area (Å²) in [5, 5.41) is 10.6.